The summed E-state index contributed by atoms with van der Waals surface area (Å²) in [5.41, 5.74) is 2.66. The minimum atomic E-state index is -0.634. The molecule has 1 unspecified atom stereocenters. The minimum Gasteiger partial charge on any atom is -0.287 e. The van der Waals surface area contributed by atoms with Gasteiger partial charge in [-0.15, -0.1) is 0 Å². The van der Waals surface area contributed by atoms with Crippen LogP contribution in [-0.2, 0) is 9.59 Å². The van der Waals surface area contributed by atoms with Gasteiger partial charge in [0.1, 0.15) is 23.9 Å². The maximum absolute atomic E-state index is 13.6. The van der Waals surface area contributed by atoms with Crippen LogP contribution in [0.4, 0.5) is 5.69 Å². The number of fused-ring (bicyclic) bond motifs is 6. The molecule has 3 aromatic carbocycles. The van der Waals surface area contributed by atoms with Crippen LogP contribution in [0.3, 0.4) is 0 Å². The molecule has 0 spiro atoms. The summed E-state index contributed by atoms with van der Waals surface area (Å²) in [6, 6.07) is 23.0. The Labute approximate surface area is 173 Å². The van der Waals surface area contributed by atoms with Crippen molar-refractivity contribution in [2.45, 2.75) is 12.1 Å². The molecule has 2 saturated heterocycles. The quantitative estimate of drug-likeness (QED) is 0.647. The van der Waals surface area contributed by atoms with Gasteiger partial charge in [-0.2, -0.15) is 5.26 Å². The highest BCUT2D eigenvalue weighted by Crippen LogP contribution is 2.44. The average Bonchev–Trinajstić information content (AvgIpc) is 3.25. The fraction of sp³-hybridized carbons (Fsp3) is 0.160. The summed E-state index contributed by atoms with van der Waals surface area (Å²) in [6.07, 6.45) is 3.93. The number of carbonyl (C=O) groups is 2. The normalized spacial score (nSPS) is 28.9. The van der Waals surface area contributed by atoms with Crippen LogP contribution in [0.2, 0.25) is 0 Å². The molecule has 6 rings (SSSR count). The number of anilines is 1. The lowest BCUT2D eigenvalue weighted by Crippen LogP contribution is -3.10. The highest BCUT2D eigenvalue weighted by Gasteiger charge is 2.66. The second kappa shape index (κ2) is 6.12. The lowest BCUT2D eigenvalue weighted by Gasteiger charge is -2.29. The molecule has 0 aliphatic carbocycles. The molecule has 30 heavy (non-hydrogen) atoms. The summed E-state index contributed by atoms with van der Waals surface area (Å²) in [5, 5.41) is 11.9. The smallest absolute Gasteiger partial charge is 0.245 e. The van der Waals surface area contributed by atoms with Gasteiger partial charge < -0.3 is 0 Å². The van der Waals surface area contributed by atoms with Gasteiger partial charge in [-0.25, -0.2) is 4.90 Å². The predicted octanol–water partition coefficient (Wildman–Crippen LogP) is 2.46. The van der Waals surface area contributed by atoms with Crippen LogP contribution in [0.5, 0.6) is 0 Å². The predicted molar refractivity (Wildman–Crippen MR) is 112 cm³/mol. The van der Waals surface area contributed by atoms with Crippen molar-refractivity contribution in [3.8, 4) is 6.07 Å². The van der Waals surface area contributed by atoms with Crippen LogP contribution in [0.25, 0.3) is 16.8 Å². The molecule has 0 aromatic heterocycles. The second-order valence-corrected chi connectivity index (χ2v) is 8.14. The SMILES string of the molecule is N#C[C@@H]1[C@@H]2C(=O)N(c3ccc4ccccc4c3)C(=O)[C@@H]2[C@H]2c3ccccc3C=C[NH+]12. The highest BCUT2D eigenvalue weighted by atomic mass is 16.2. The van der Waals surface area contributed by atoms with Gasteiger partial charge in [-0.1, -0.05) is 54.6 Å². The van der Waals surface area contributed by atoms with E-state index in [0.717, 1.165) is 26.8 Å². The van der Waals surface area contributed by atoms with E-state index in [1.807, 2.05) is 79.0 Å². The Morgan fingerprint density at radius 3 is 2.43 bits per heavy atom. The fourth-order valence-corrected chi connectivity index (χ4v) is 5.46. The van der Waals surface area contributed by atoms with Crippen molar-refractivity contribution in [2.75, 3.05) is 4.90 Å². The van der Waals surface area contributed by atoms with Crippen molar-refractivity contribution in [1.29, 1.82) is 5.26 Å². The number of nitrogens with one attached hydrogen (secondary N) is 1. The molecule has 5 heteroatoms. The number of rotatable bonds is 1. The van der Waals surface area contributed by atoms with E-state index >= 15 is 0 Å². The largest absolute Gasteiger partial charge is 0.287 e. The van der Waals surface area contributed by atoms with Crippen LogP contribution in [-0.4, -0.2) is 17.9 Å². The number of benzene rings is 3. The summed E-state index contributed by atoms with van der Waals surface area (Å²) in [4.78, 5) is 29.3. The molecule has 144 valence electrons. The molecule has 1 N–H and O–H groups in total. The number of nitriles is 1. The molecule has 2 amide bonds. The number of carbonyl (C=O) groups excluding carboxylic acids is 2. The molecular weight excluding hydrogens is 374 g/mol. The van der Waals surface area contributed by atoms with Gasteiger partial charge in [-0.05, 0) is 34.5 Å². The van der Waals surface area contributed by atoms with E-state index < -0.39 is 17.9 Å². The van der Waals surface area contributed by atoms with Gasteiger partial charge in [0.05, 0.1) is 11.9 Å². The molecule has 0 saturated carbocycles. The Kier molecular flexibility index (Phi) is 3.50. The van der Waals surface area contributed by atoms with E-state index in [2.05, 4.69) is 6.07 Å². The lowest BCUT2D eigenvalue weighted by atomic mass is 9.85. The number of quaternary nitrogens is 1. The molecule has 2 fully saturated rings. The summed E-state index contributed by atoms with van der Waals surface area (Å²) < 4.78 is 0. The van der Waals surface area contributed by atoms with E-state index in [1.54, 1.807) is 0 Å². The Bertz CT molecular complexity index is 1300. The summed E-state index contributed by atoms with van der Waals surface area (Å²) in [7, 11) is 0. The zero-order valence-corrected chi connectivity index (χ0v) is 16.0. The van der Waals surface area contributed by atoms with Crippen LogP contribution in [0.15, 0.2) is 72.9 Å². The van der Waals surface area contributed by atoms with E-state index in [9.17, 15) is 14.9 Å². The van der Waals surface area contributed by atoms with Gasteiger partial charge in [0.25, 0.3) is 0 Å². The van der Waals surface area contributed by atoms with Crippen molar-refractivity contribution >= 4 is 34.4 Å². The maximum atomic E-state index is 13.6. The maximum Gasteiger partial charge on any atom is 0.245 e. The average molecular weight is 392 g/mol. The standard InChI is InChI=1S/C25H17N3O2/c26-14-20-21-22(23-19-8-4-3-6-16(19)11-12-27(20)23)25(30)28(24(21)29)18-10-9-15-5-1-2-7-17(15)13-18/h1-13,20-23H/p+1/t20-,21+,22+,23-/m1/s1. The number of amides is 2. The molecule has 3 aliphatic rings. The monoisotopic (exact) mass is 392 g/mol. The van der Waals surface area contributed by atoms with Crippen molar-refractivity contribution < 1.29 is 14.5 Å². The Hall–Kier alpha value is -3.75. The van der Waals surface area contributed by atoms with Gasteiger partial charge in [0, 0.05) is 5.56 Å². The van der Waals surface area contributed by atoms with Gasteiger partial charge in [-0.3, -0.25) is 14.5 Å². The third kappa shape index (κ3) is 2.14. The van der Waals surface area contributed by atoms with Gasteiger partial charge >= 0.3 is 0 Å². The number of nitrogens with zero attached hydrogens (tertiary/aromatic N) is 2. The number of hydrogen-bond acceptors (Lipinski definition) is 3. The van der Waals surface area contributed by atoms with Gasteiger partial charge in [0.15, 0.2) is 6.04 Å². The highest BCUT2D eigenvalue weighted by molar-refractivity contribution is 6.23. The first-order chi connectivity index (χ1) is 14.7. The Morgan fingerprint density at radius 2 is 1.60 bits per heavy atom. The van der Waals surface area contributed by atoms with Crippen molar-refractivity contribution in [2.24, 2.45) is 11.8 Å². The summed E-state index contributed by atoms with van der Waals surface area (Å²) >= 11 is 0. The summed E-state index contributed by atoms with van der Waals surface area (Å²) in [6.45, 7) is 0. The minimum absolute atomic E-state index is 0.203. The molecule has 5 nitrogen and oxygen atoms in total. The van der Waals surface area contributed by atoms with Crippen LogP contribution in [0.1, 0.15) is 17.2 Å². The van der Waals surface area contributed by atoms with E-state index in [1.165, 1.54) is 4.90 Å². The molecule has 0 radical (unpaired) electrons. The van der Waals surface area contributed by atoms with E-state index in [-0.39, 0.29) is 17.9 Å². The molecular formula is C25H18N3O2+. The topological polar surface area (TPSA) is 65.6 Å². The zero-order chi connectivity index (χ0) is 20.4. The molecule has 3 aromatic rings. The van der Waals surface area contributed by atoms with E-state index in [4.69, 9.17) is 0 Å². The zero-order valence-electron chi connectivity index (χ0n) is 16.0. The Morgan fingerprint density at radius 1 is 0.867 bits per heavy atom. The van der Waals surface area contributed by atoms with Gasteiger partial charge in [0.2, 0.25) is 11.8 Å². The number of hydrogen-bond donors (Lipinski definition) is 1. The number of imide groups is 1. The molecule has 3 heterocycles. The molecule has 5 atom stereocenters. The van der Waals surface area contributed by atoms with Crippen molar-refractivity contribution in [3.05, 3.63) is 84.1 Å². The molecule has 3 aliphatic heterocycles. The third-order valence-electron chi connectivity index (χ3n) is 6.75. The first kappa shape index (κ1) is 17.1. The van der Waals surface area contributed by atoms with Crippen molar-refractivity contribution in [3.63, 3.8) is 0 Å². The third-order valence-corrected chi connectivity index (χ3v) is 6.75. The Balaban J connectivity index is 1.48. The second-order valence-electron chi connectivity index (χ2n) is 8.14. The summed E-state index contributed by atoms with van der Waals surface area (Å²) in [5.74, 6) is -1.63. The van der Waals surface area contributed by atoms with Crippen LogP contribution in [0, 0.1) is 23.2 Å². The molecule has 0 bridgehead atoms. The van der Waals surface area contributed by atoms with Crippen LogP contribution < -0.4 is 9.80 Å². The van der Waals surface area contributed by atoms with Crippen molar-refractivity contribution in [1.82, 2.24) is 0 Å². The fourth-order valence-electron chi connectivity index (χ4n) is 5.46. The first-order valence-corrected chi connectivity index (χ1v) is 10.1. The first-order valence-electron chi connectivity index (χ1n) is 10.1. The van der Waals surface area contributed by atoms with E-state index in [0.29, 0.717) is 5.69 Å². The van der Waals surface area contributed by atoms with Crippen LogP contribution >= 0.6 is 0 Å². The lowest BCUT2D eigenvalue weighted by molar-refractivity contribution is -0.885.